The van der Waals surface area contributed by atoms with Crippen LogP contribution in [-0.4, -0.2) is 5.91 Å². The van der Waals surface area contributed by atoms with Crippen molar-refractivity contribution in [3.63, 3.8) is 0 Å². The molecule has 0 fully saturated rings. The Kier molecular flexibility index (Phi) is 1.69. The molecule has 66 valence electrons. The van der Waals surface area contributed by atoms with E-state index in [1.54, 1.807) is 0 Å². The lowest BCUT2D eigenvalue weighted by atomic mass is 9.97. The SMILES string of the molecule is C=C1CC(=O)Nc2cc(C)ccc21. The molecule has 13 heavy (non-hydrogen) atoms. The average molecular weight is 173 g/mol. The van der Waals surface area contributed by atoms with Gasteiger partial charge in [-0.3, -0.25) is 4.79 Å². The maximum atomic E-state index is 11.2. The van der Waals surface area contributed by atoms with Crippen molar-refractivity contribution in [3.05, 3.63) is 35.9 Å². The van der Waals surface area contributed by atoms with E-state index < -0.39 is 0 Å². The van der Waals surface area contributed by atoms with Crippen molar-refractivity contribution in [3.8, 4) is 0 Å². The Morgan fingerprint density at radius 3 is 3.00 bits per heavy atom. The van der Waals surface area contributed by atoms with Crippen LogP contribution < -0.4 is 5.32 Å². The molecule has 1 aromatic carbocycles. The van der Waals surface area contributed by atoms with E-state index in [-0.39, 0.29) is 5.91 Å². The van der Waals surface area contributed by atoms with Gasteiger partial charge in [0.05, 0.1) is 6.42 Å². The van der Waals surface area contributed by atoms with Crippen LogP contribution in [0.4, 0.5) is 5.69 Å². The predicted molar refractivity (Wildman–Crippen MR) is 53.5 cm³/mol. The van der Waals surface area contributed by atoms with Crippen molar-refractivity contribution >= 4 is 17.2 Å². The normalized spacial score (nSPS) is 15.2. The van der Waals surface area contributed by atoms with Crippen LogP contribution in [0.5, 0.6) is 0 Å². The van der Waals surface area contributed by atoms with Crippen LogP contribution in [0.3, 0.4) is 0 Å². The van der Waals surface area contributed by atoms with Gasteiger partial charge < -0.3 is 5.32 Å². The van der Waals surface area contributed by atoms with Crippen LogP contribution >= 0.6 is 0 Å². The number of hydrogen-bond acceptors (Lipinski definition) is 1. The van der Waals surface area contributed by atoms with Gasteiger partial charge in [-0.1, -0.05) is 18.7 Å². The van der Waals surface area contributed by atoms with Crippen LogP contribution in [0, 0.1) is 6.92 Å². The summed E-state index contributed by atoms with van der Waals surface area (Å²) in [6.45, 7) is 5.88. The number of carbonyl (C=O) groups excluding carboxylic acids is 1. The standard InChI is InChI=1S/C11H11NO/c1-7-3-4-9-8(2)6-11(13)12-10(9)5-7/h3-5H,2,6H2,1H3,(H,12,13). The minimum atomic E-state index is 0.0306. The first kappa shape index (κ1) is 8.05. The van der Waals surface area contributed by atoms with E-state index in [0.717, 1.165) is 22.4 Å². The number of carbonyl (C=O) groups is 1. The van der Waals surface area contributed by atoms with Gasteiger partial charge in [-0.05, 0) is 24.1 Å². The molecule has 2 nitrogen and oxygen atoms in total. The van der Waals surface area contributed by atoms with Gasteiger partial charge in [-0.15, -0.1) is 0 Å². The molecule has 0 aliphatic carbocycles. The second kappa shape index (κ2) is 2.73. The number of nitrogens with one attached hydrogen (secondary N) is 1. The quantitative estimate of drug-likeness (QED) is 0.641. The van der Waals surface area contributed by atoms with Gasteiger partial charge >= 0.3 is 0 Å². The third-order valence-corrected chi connectivity index (χ3v) is 2.20. The molecule has 1 aliphatic heterocycles. The second-order valence-electron chi connectivity index (χ2n) is 3.38. The predicted octanol–water partition coefficient (Wildman–Crippen LogP) is 2.35. The lowest BCUT2D eigenvalue weighted by molar-refractivity contribution is -0.115. The van der Waals surface area contributed by atoms with Crippen molar-refractivity contribution in [2.24, 2.45) is 0 Å². The Morgan fingerprint density at radius 2 is 2.23 bits per heavy atom. The smallest absolute Gasteiger partial charge is 0.228 e. The Balaban J connectivity index is 2.55. The first-order valence-electron chi connectivity index (χ1n) is 4.25. The van der Waals surface area contributed by atoms with Crippen molar-refractivity contribution in [1.82, 2.24) is 0 Å². The molecule has 0 saturated carbocycles. The number of aryl methyl sites for hydroxylation is 1. The molecule has 0 aromatic heterocycles. The first-order valence-corrected chi connectivity index (χ1v) is 4.25. The monoisotopic (exact) mass is 173 g/mol. The van der Waals surface area contributed by atoms with Gasteiger partial charge in [-0.2, -0.15) is 0 Å². The van der Waals surface area contributed by atoms with Gasteiger partial charge in [0.15, 0.2) is 0 Å². The zero-order valence-electron chi connectivity index (χ0n) is 7.55. The fourth-order valence-corrected chi connectivity index (χ4v) is 1.55. The fraction of sp³-hybridized carbons (Fsp3) is 0.182. The zero-order valence-corrected chi connectivity index (χ0v) is 7.55. The van der Waals surface area contributed by atoms with E-state index in [9.17, 15) is 4.79 Å². The highest BCUT2D eigenvalue weighted by Crippen LogP contribution is 2.30. The third-order valence-electron chi connectivity index (χ3n) is 2.20. The number of amides is 1. The molecule has 0 spiro atoms. The molecule has 0 atom stereocenters. The molecule has 1 N–H and O–H groups in total. The largest absolute Gasteiger partial charge is 0.325 e. The van der Waals surface area contributed by atoms with Crippen molar-refractivity contribution in [2.45, 2.75) is 13.3 Å². The Bertz CT molecular complexity index is 393. The topological polar surface area (TPSA) is 29.1 Å². The van der Waals surface area contributed by atoms with E-state index in [1.807, 2.05) is 25.1 Å². The highest BCUT2D eigenvalue weighted by molar-refractivity contribution is 6.04. The van der Waals surface area contributed by atoms with Gasteiger partial charge in [0, 0.05) is 11.3 Å². The molecule has 1 amide bonds. The second-order valence-corrected chi connectivity index (χ2v) is 3.38. The van der Waals surface area contributed by atoms with E-state index >= 15 is 0 Å². The Labute approximate surface area is 77.3 Å². The summed E-state index contributed by atoms with van der Waals surface area (Å²) in [7, 11) is 0. The van der Waals surface area contributed by atoms with Gasteiger partial charge in [0.25, 0.3) is 0 Å². The van der Waals surface area contributed by atoms with Gasteiger partial charge in [-0.25, -0.2) is 0 Å². The highest BCUT2D eigenvalue weighted by Gasteiger charge is 2.17. The molecule has 0 saturated heterocycles. The first-order chi connectivity index (χ1) is 6.16. The molecular weight excluding hydrogens is 162 g/mol. The third kappa shape index (κ3) is 1.35. The summed E-state index contributed by atoms with van der Waals surface area (Å²) in [5.41, 5.74) is 4.00. The molecule has 1 aliphatic rings. The van der Waals surface area contributed by atoms with E-state index in [2.05, 4.69) is 11.9 Å². The van der Waals surface area contributed by atoms with Crippen molar-refractivity contribution in [2.75, 3.05) is 5.32 Å². The van der Waals surface area contributed by atoms with E-state index in [1.165, 1.54) is 0 Å². The summed E-state index contributed by atoms with van der Waals surface area (Å²) in [6, 6.07) is 6.01. The minimum absolute atomic E-state index is 0.0306. The fourth-order valence-electron chi connectivity index (χ4n) is 1.55. The summed E-state index contributed by atoms with van der Waals surface area (Å²) < 4.78 is 0. The molecule has 0 unspecified atom stereocenters. The van der Waals surface area contributed by atoms with Crippen molar-refractivity contribution in [1.29, 1.82) is 0 Å². The lowest BCUT2D eigenvalue weighted by Gasteiger charge is -2.18. The van der Waals surface area contributed by atoms with Crippen LogP contribution in [0.25, 0.3) is 5.57 Å². The number of hydrogen-bond donors (Lipinski definition) is 1. The van der Waals surface area contributed by atoms with E-state index in [4.69, 9.17) is 0 Å². The number of fused-ring (bicyclic) bond motifs is 1. The summed E-state index contributed by atoms with van der Waals surface area (Å²) in [5, 5.41) is 2.83. The number of rotatable bonds is 0. The molecule has 2 heteroatoms. The van der Waals surface area contributed by atoms with Crippen LogP contribution in [-0.2, 0) is 4.79 Å². The summed E-state index contributed by atoms with van der Waals surface area (Å²) in [4.78, 5) is 11.2. The summed E-state index contributed by atoms with van der Waals surface area (Å²) in [6.07, 6.45) is 0.413. The molecule has 2 rings (SSSR count). The lowest BCUT2D eigenvalue weighted by Crippen LogP contribution is -2.17. The van der Waals surface area contributed by atoms with Gasteiger partial charge in [0.1, 0.15) is 0 Å². The maximum Gasteiger partial charge on any atom is 0.228 e. The van der Waals surface area contributed by atoms with Crippen LogP contribution in [0.2, 0.25) is 0 Å². The van der Waals surface area contributed by atoms with Crippen LogP contribution in [0.15, 0.2) is 24.8 Å². The summed E-state index contributed by atoms with van der Waals surface area (Å²) >= 11 is 0. The highest BCUT2D eigenvalue weighted by atomic mass is 16.1. The van der Waals surface area contributed by atoms with E-state index in [0.29, 0.717) is 6.42 Å². The summed E-state index contributed by atoms with van der Waals surface area (Å²) in [5.74, 6) is 0.0306. The van der Waals surface area contributed by atoms with Gasteiger partial charge in [0.2, 0.25) is 5.91 Å². The molecule has 0 bridgehead atoms. The Hall–Kier alpha value is -1.57. The number of anilines is 1. The number of benzene rings is 1. The molecule has 0 radical (unpaired) electrons. The average Bonchev–Trinajstić information content (AvgIpc) is 2.02. The zero-order chi connectivity index (χ0) is 9.42. The molecule has 1 aromatic rings. The maximum absolute atomic E-state index is 11.2. The Morgan fingerprint density at radius 1 is 1.46 bits per heavy atom. The molecular formula is C11H11NO. The van der Waals surface area contributed by atoms with Crippen molar-refractivity contribution < 1.29 is 4.79 Å². The minimum Gasteiger partial charge on any atom is -0.325 e. The molecule has 1 heterocycles. The van der Waals surface area contributed by atoms with Crippen LogP contribution in [0.1, 0.15) is 17.5 Å².